The summed E-state index contributed by atoms with van der Waals surface area (Å²) in [6, 6.07) is 12.8. The number of nitrogens with zero attached hydrogens (tertiary/aromatic N) is 4. The number of hydrogen-bond acceptors (Lipinski definition) is 33. The molecule has 4 aromatic rings. The molecule has 3 fully saturated rings. The van der Waals surface area contributed by atoms with Crippen molar-refractivity contribution in [3.05, 3.63) is 60.5 Å². The predicted octanol–water partition coefficient (Wildman–Crippen LogP) is -1.36. The Kier molecular flexibility index (Phi) is 47.8. The van der Waals surface area contributed by atoms with Gasteiger partial charge in [-0.05, 0) is 62.1 Å². The normalized spacial score (nSPS) is 19.9. The van der Waals surface area contributed by atoms with Crippen molar-refractivity contribution in [2.45, 2.75) is 112 Å². The first-order chi connectivity index (χ1) is 56.1. The molecular weight excluding hydrogens is 1520 g/mol. The molecule has 0 unspecified atom stereocenters. The van der Waals surface area contributed by atoms with Crippen LogP contribution in [0.2, 0.25) is 0 Å². The van der Waals surface area contributed by atoms with Gasteiger partial charge in [-0.1, -0.05) is 11.3 Å². The summed E-state index contributed by atoms with van der Waals surface area (Å²) < 4.78 is 123. The number of fused-ring (bicyclic) bond motifs is 1. The summed E-state index contributed by atoms with van der Waals surface area (Å²) >= 11 is 0. The third-order valence-electron chi connectivity index (χ3n) is 17.9. The minimum Gasteiger partial charge on any atom is -0.505 e. The van der Waals surface area contributed by atoms with Crippen molar-refractivity contribution < 1.29 is 149 Å². The first-order valence-corrected chi connectivity index (χ1v) is 39.2. The Labute approximate surface area is 667 Å². The fraction of sp³-hybridized carbons (Fsp3) is 0.724. The van der Waals surface area contributed by atoms with E-state index in [0.717, 1.165) is 11.5 Å². The van der Waals surface area contributed by atoms with Gasteiger partial charge in [0.2, 0.25) is 23.6 Å². The fourth-order valence-electron chi connectivity index (χ4n) is 11.4. The van der Waals surface area contributed by atoms with Gasteiger partial charge in [-0.15, -0.1) is 5.10 Å². The Morgan fingerprint density at radius 1 is 0.443 bits per heavy atom. The summed E-state index contributed by atoms with van der Waals surface area (Å²) in [5.41, 5.74) is 0.504. The van der Waals surface area contributed by atoms with Crippen molar-refractivity contribution >= 4 is 34.5 Å². The Morgan fingerprint density at radius 3 is 1.25 bits per heavy atom. The van der Waals surface area contributed by atoms with Crippen molar-refractivity contribution in [3.8, 4) is 28.6 Å². The number of aromatic hydroxyl groups is 1. The summed E-state index contributed by atoms with van der Waals surface area (Å²) in [7, 11) is 0. The number of amides is 4. The molecule has 39 heteroatoms. The number of nitrogens with one attached hydrogen (secondary N) is 4. The number of aromatic nitrogens is 4. The highest BCUT2D eigenvalue weighted by Crippen LogP contribution is 2.26. The Balaban J connectivity index is 0.844. The average molecular weight is 1640 g/mol. The van der Waals surface area contributed by atoms with E-state index < -0.39 is 77.9 Å². The van der Waals surface area contributed by atoms with Crippen LogP contribution in [0.4, 0.5) is 4.39 Å². The van der Waals surface area contributed by atoms with Gasteiger partial charge < -0.3 is 147 Å². The molecule has 3 saturated heterocycles. The second-order valence-corrected chi connectivity index (χ2v) is 27.0. The van der Waals surface area contributed by atoms with Gasteiger partial charge in [0.25, 0.3) is 0 Å². The van der Waals surface area contributed by atoms with Crippen LogP contribution < -0.4 is 26.0 Å². The van der Waals surface area contributed by atoms with Gasteiger partial charge in [-0.3, -0.25) is 19.2 Å². The number of halogens is 1. The van der Waals surface area contributed by atoms with Gasteiger partial charge in [0.15, 0.2) is 11.6 Å². The van der Waals surface area contributed by atoms with Crippen LogP contribution in [0.1, 0.15) is 51.4 Å². The van der Waals surface area contributed by atoms with Crippen molar-refractivity contribution in [3.63, 3.8) is 0 Å². The molecule has 0 saturated carbocycles. The van der Waals surface area contributed by atoms with Crippen molar-refractivity contribution in [1.29, 1.82) is 0 Å². The number of carbonyl (C=O) groups excluding carboxylic acids is 4. The minimum atomic E-state index is -1.42. The molecule has 0 bridgehead atoms. The number of pyridine rings is 1. The van der Waals surface area contributed by atoms with Crippen LogP contribution in [0.25, 0.3) is 28.0 Å². The van der Waals surface area contributed by atoms with E-state index in [1.165, 1.54) is 16.8 Å². The number of benzene rings is 2. The Hall–Kier alpha value is -6.56. The lowest BCUT2D eigenvalue weighted by Crippen LogP contribution is -2.58. The van der Waals surface area contributed by atoms with Crippen LogP contribution in [0.15, 0.2) is 54.7 Å². The minimum absolute atomic E-state index is 0.0315. The van der Waals surface area contributed by atoms with E-state index in [2.05, 4.69) is 31.6 Å². The van der Waals surface area contributed by atoms with Gasteiger partial charge in [0.05, 0.1) is 246 Å². The highest BCUT2D eigenvalue weighted by Gasteiger charge is 2.36. The molecule has 650 valence electrons. The van der Waals surface area contributed by atoms with E-state index in [4.69, 9.17) is 95.0 Å². The van der Waals surface area contributed by atoms with Crippen molar-refractivity contribution in [2.24, 2.45) is 0 Å². The number of phenolic OH excluding ortho intramolecular Hbond substituents is 1. The van der Waals surface area contributed by atoms with Gasteiger partial charge in [-0.25, -0.2) is 14.1 Å². The zero-order valence-corrected chi connectivity index (χ0v) is 65.4. The molecule has 2 aromatic carbocycles. The number of rotatable bonds is 65. The molecule has 11 N–H and O–H groups in total. The zero-order valence-electron chi connectivity index (χ0n) is 65.4. The lowest BCUT2D eigenvalue weighted by molar-refractivity contribution is -0.156. The first-order valence-electron chi connectivity index (χ1n) is 39.2. The van der Waals surface area contributed by atoms with Gasteiger partial charge in [0, 0.05) is 76.6 Å². The lowest BCUT2D eigenvalue weighted by atomic mass is 10.0. The highest BCUT2D eigenvalue weighted by atomic mass is 19.1. The highest BCUT2D eigenvalue weighted by molar-refractivity contribution is 5.82. The summed E-state index contributed by atoms with van der Waals surface area (Å²) in [6.45, 7) is 7.19. The molecule has 7 rings (SSSR count). The topological polar surface area (TPSA) is 477 Å². The predicted molar refractivity (Wildman–Crippen MR) is 404 cm³/mol. The number of aliphatic hydroxyl groups excluding tert-OH is 6. The van der Waals surface area contributed by atoms with Crippen LogP contribution >= 0.6 is 0 Å². The number of carbonyl (C=O) groups is 4. The van der Waals surface area contributed by atoms with Crippen LogP contribution in [0.5, 0.6) is 11.5 Å². The van der Waals surface area contributed by atoms with E-state index in [0.29, 0.717) is 127 Å². The molecule has 115 heavy (non-hydrogen) atoms. The molecule has 3 aliphatic heterocycles. The molecule has 0 aliphatic carbocycles. The Bertz CT molecular complexity index is 3130. The van der Waals surface area contributed by atoms with E-state index in [9.17, 15) is 59.3 Å². The standard InChI is InChI=1S/C76H119FN8O30/c77-58-47-56(4-8-62(58)86)85-48-61(83-84-85)60-6-3-55-46-57(5-7-59(55)81-60)112-18-1-2-72(93)82-76(52-109-19-12-69(90)78-15-25-97-28-31-100-34-37-103-40-43-106-49-66-73(94)63(87)9-22-113-66,53-110-20-13-70(91)79-16-26-98-29-32-101-35-38-104-41-44-107-50-67-74(95)64(88)10-23-114-67)54-111-21-14-71(92)80-17-27-99-30-33-102-36-39-105-42-45-108-51-68-75(96)65(89)11-24-115-68/h3-8,46-48,63-68,73-75,86-89,94-96H,1-2,9-45,49-54H2,(H,78,90)(H,79,91)(H,80,92)(H,82,93)/t63-,64-,65-,66-,67-,68-,73-,74-,75-/m1/s1. The molecular formula is C76H119FN8O30. The maximum Gasteiger partial charge on any atom is 0.222 e. The average Bonchev–Trinajstić information content (AvgIpc) is 1.73. The van der Waals surface area contributed by atoms with Crippen LogP contribution in [0, 0.1) is 5.82 Å². The molecule has 5 heterocycles. The van der Waals surface area contributed by atoms with E-state index >= 15 is 0 Å². The first kappa shape index (κ1) is 95.6. The third-order valence-corrected chi connectivity index (χ3v) is 17.9. The maximum absolute atomic E-state index is 14.1. The summed E-state index contributed by atoms with van der Waals surface area (Å²) in [4.78, 5) is 57.9. The van der Waals surface area contributed by atoms with Gasteiger partial charge in [-0.2, -0.15) is 0 Å². The van der Waals surface area contributed by atoms with Gasteiger partial charge in [0.1, 0.15) is 53.6 Å². The van der Waals surface area contributed by atoms with E-state index in [1.807, 2.05) is 6.07 Å². The van der Waals surface area contributed by atoms with E-state index in [1.54, 1.807) is 30.5 Å². The number of aliphatic hydroxyl groups is 6. The number of hydrogen-bond donors (Lipinski definition) is 11. The smallest absolute Gasteiger partial charge is 0.222 e. The van der Waals surface area contributed by atoms with Crippen molar-refractivity contribution in [2.75, 3.05) is 244 Å². The zero-order chi connectivity index (χ0) is 81.8. The lowest BCUT2D eigenvalue weighted by Gasteiger charge is -2.34. The SMILES string of the molecule is O=C(CCOCC(COCCC(=O)NCCOCCOCCOCCOC[C@H]1OCC[C@@H](O)[C@H]1O)(COCCC(=O)NCCOCCOCCOCCOC[C@H]1OCC[C@@H](O)[C@H]1O)NC(=O)CCCOc1ccc2nc(-c3cn(-c4ccc(O)c(F)c4)nn3)ccc2c1)NCCOCCOCCOCCOC[C@H]1OCC[C@@H](O)[C@H]1O. The van der Waals surface area contributed by atoms with Gasteiger partial charge >= 0.3 is 0 Å². The second kappa shape index (κ2) is 57.5. The van der Waals surface area contributed by atoms with Crippen LogP contribution in [-0.4, -0.2) is 384 Å². The molecule has 2 aromatic heterocycles. The molecule has 0 radical (unpaired) electrons. The van der Waals surface area contributed by atoms with E-state index in [-0.39, 0.29) is 215 Å². The van der Waals surface area contributed by atoms with Crippen LogP contribution in [-0.2, 0) is 104 Å². The summed E-state index contributed by atoms with van der Waals surface area (Å²) in [5, 5.41) is 89.6. The molecule has 9 atom stereocenters. The number of phenols is 1. The second-order valence-electron chi connectivity index (χ2n) is 27.0. The molecule has 38 nitrogen and oxygen atoms in total. The Morgan fingerprint density at radius 2 is 0.843 bits per heavy atom. The molecule has 3 aliphatic rings. The monoisotopic (exact) mass is 1640 g/mol. The van der Waals surface area contributed by atoms with Crippen LogP contribution in [0.3, 0.4) is 0 Å². The number of ether oxygens (including phenoxy) is 19. The molecule has 0 spiro atoms. The third kappa shape index (κ3) is 39.3. The van der Waals surface area contributed by atoms with Crippen molar-refractivity contribution in [1.82, 2.24) is 41.2 Å². The quantitative estimate of drug-likeness (QED) is 0.0227. The summed E-state index contributed by atoms with van der Waals surface area (Å²) in [5.74, 6) is -2.21. The largest absolute Gasteiger partial charge is 0.505 e. The maximum atomic E-state index is 14.1. The molecule has 4 amide bonds. The summed E-state index contributed by atoms with van der Waals surface area (Å²) in [6.07, 6.45) is -4.52. The fourth-order valence-corrected chi connectivity index (χ4v) is 11.4.